The van der Waals surface area contributed by atoms with Crippen molar-refractivity contribution in [3.8, 4) is 0 Å². The van der Waals surface area contributed by atoms with E-state index in [1.54, 1.807) is 6.92 Å². The van der Waals surface area contributed by atoms with Crippen LogP contribution in [0.2, 0.25) is 0 Å². The monoisotopic (exact) mass is 350 g/mol. The molecule has 1 atom stereocenters. The predicted molar refractivity (Wildman–Crippen MR) is 89.6 cm³/mol. The molecule has 0 radical (unpaired) electrons. The zero-order chi connectivity index (χ0) is 18.4. The standard InChI is InChI=1S/C18H23FN2O4/c1-11-8-9-13(10-15(11)19)17(23)25-12(2)16(22)21-18(24)20-14-6-4-3-5-7-14/h8-10,12,14H,3-7H2,1-2H3,(H2,20,21,22,24). The number of carbonyl (C=O) groups is 3. The van der Waals surface area contributed by atoms with E-state index in [4.69, 9.17) is 4.74 Å². The number of aryl methyl sites for hydroxylation is 1. The lowest BCUT2D eigenvalue weighted by Crippen LogP contribution is -2.48. The van der Waals surface area contributed by atoms with Crippen LogP contribution in [0.3, 0.4) is 0 Å². The molecule has 1 aromatic carbocycles. The molecule has 136 valence electrons. The van der Waals surface area contributed by atoms with Crippen LogP contribution in [0, 0.1) is 12.7 Å². The summed E-state index contributed by atoms with van der Waals surface area (Å²) in [4.78, 5) is 35.7. The van der Waals surface area contributed by atoms with Gasteiger partial charge < -0.3 is 10.1 Å². The fraction of sp³-hybridized carbons (Fsp3) is 0.500. The maximum atomic E-state index is 13.5. The van der Waals surface area contributed by atoms with Crippen LogP contribution in [-0.2, 0) is 9.53 Å². The summed E-state index contributed by atoms with van der Waals surface area (Å²) < 4.78 is 18.5. The summed E-state index contributed by atoms with van der Waals surface area (Å²) in [6, 6.07) is 3.39. The molecule has 2 N–H and O–H groups in total. The molecule has 1 aliphatic carbocycles. The van der Waals surface area contributed by atoms with Crippen LogP contribution < -0.4 is 10.6 Å². The number of imide groups is 1. The zero-order valence-electron chi connectivity index (χ0n) is 14.4. The second-order valence-corrected chi connectivity index (χ2v) is 6.31. The first-order chi connectivity index (χ1) is 11.9. The number of carbonyl (C=O) groups excluding carboxylic acids is 3. The van der Waals surface area contributed by atoms with Crippen LogP contribution in [0.25, 0.3) is 0 Å². The van der Waals surface area contributed by atoms with Gasteiger partial charge in [-0.2, -0.15) is 0 Å². The van der Waals surface area contributed by atoms with Crippen molar-refractivity contribution in [3.05, 3.63) is 35.1 Å². The van der Waals surface area contributed by atoms with E-state index in [1.165, 1.54) is 19.1 Å². The number of esters is 1. The number of benzene rings is 1. The predicted octanol–water partition coefficient (Wildman–Crippen LogP) is 2.84. The Bertz CT molecular complexity index is 656. The van der Waals surface area contributed by atoms with E-state index in [1.807, 2.05) is 0 Å². The van der Waals surface area contributed by atoms with Crippen molar-refractivity contribution in [1.82, 2.24) is 10.6 Å². The number of amides is 3. The molecule has 1 fully saturated rings. The molecule has 0 aromatic heterocycles. The SMILES string of the molecule is Cc1ccc(C(=O)OC(C)C(=O)NC(=O)NC2CCCCC2)cc1F. The summed E-state index contributed by atoms with van der Waals surface area (Å²) in [5, 5.41) is 4.91. The average molecular weight is 350 g/mol. The Kier molecular flexibility index (Phi) is 6.50. The third-order valence-corrected chi connectivity index (χ3v) is 4.24. The molecule has 0 aliphatic heterocycles. The lowest BCUT2D eigenvalue weighted by atomic mass is 9.96. The number of urea groups is 1. The van der Waals surface area contributed by atoms with Gasteiger partial charge in [-0.15, -0.1) is 0 Å². The molecule has 7 heteroatoms. The minimum absolute atomic E-state index is 0.00871. The average Bonchev–Trinajstić information content (AvgIpc) is 2.57. The molecular weight excluding hydrogens is 327 g/mol. The lowest BCUT2D eigenvalue weighted by Gasteiger charge is -2.23. The molecule has 25 heavy (non-hydrogen) atoms. The number of nitrogens with one attached hydrogen (secondary N) is 2. The van der Waals surface area contributed by atoms with Crippen LogP contribution in [-0.4, -0.2) is 30.1 Å². The highest BCUT2D eigenvalue weighted by atomic mass is 19.1. The van der Waals surface area contributed by atoms with Gasteiger partial charge in [-0.3, -0.25) is 10.1 Å². The highest BCUT2D eigenvalue weighted by Crippen LogP contribution is 2.17. The fourth-order valence-corrected chi connectivity index (χ4v) is 2.68. The number of rotatable bonds is 4. The lowest BCUT2D eigenvalue weighted by molar-refractivity contribution is -0.127. The summed E-state index contributed by atoms with van der Waals surface area (Å²) in [5.41, 5.74) is 0.413. The van der Waals surface area contributed by atoms with Crippen LogP contribution in [0.15, 0.2) is 18.2 Å². The van der Waals surface area contributed by atoms with Gasteiger partial charge in [-0.1, -0.05) is 25.3 Å². The van der Waals surface area contributed by atoms with Gasteiger partial charge in [-0.05, 0) is 44.4 Å². The summed E-state index contributed by atoms with van der Waals surface area (Å²) in [6.07, 6.45) is 3.88. The van der Waals surface area contributed by atoms with Gasteiger partial charge in [0.2, 0.25) is 0 Å². The molecule has 2 rings (SSSR count). The Labute approximate surface area is 146 Å². The van der Waals surface area contributed by atoms with Crippen LogP contribution >= 0.6 is 0 Å². The first-order valence-corrected chi connectivity index (χ1v) is 8.45. The Morgan fingerprint density at radius 3 is 2.52 bits per heavy atom. The largest absolute Gasteiger partial charge is 0.449 e. The minimum Gasteiger partial charge on any atom is -0.449 e. The van der Waals surface area contributed by atoms with E-state index in [-0.39, 0.29) is 11.6 Å². The van der Waals surface area contributed by atoms with E-state index in [2.05, 4.69) is 10.6 Å². The smallest absolute Gasteiger partial charge is 0.339 e. The van der Waals surface area contributed by atoms with Crippen molar-refractivity contribution < 1.29 is 23.5 Å². The quantitative estimate of drug-likeness (QED) is 0.818. The van der Waals surface area contributed by atoms with Gasteiger partial charge in [0.25, 0.3) is 5.91 Å². The maximum absolute atomic E-state index is 13.5. The summed E-state index contributed by atoms with van der Waals surface area (Å²) >= 11 is 0. The molecule has 0 heterocycles. The Morgan fingerprint density at radius 1 is 1.20 bits per heavy atom. The third kappa shape index (κ3) is 5.55. The highest BCUT2D eigenvalue weighted by Gasteiger charge is 2.23. The molecule has 0 bridgehead atoms. The van der Waals surface area contributed by atoms with Crippen LogP contribution in [0.5, 0.6) is 0 Å². The van der Waals surface area contributed by atoms with Crippen molar-refractivity contribution in [2.75, 3.05) is 0 Å². The van der Waals surface area contributed by atoms with Crippen LogP contribution in [0.4, 0.5) is 9.18 Å². The third-order valence-electron chi connectivity index (χ3n) is 4.24. The molecule has 1 aliphatic rings. The topological polar surface area (TPSA) is 84.5 Å². The first kappa shape index (κ1) is 18.9. The van der Waals surface area contributed by atoms with Gasteiger partial charge in [0.05, 0.1) is 5.56 Å². The van der Waals surface area contributed by atoms with E-state index in [9.17, 15) is 18.8 Å². The molecule has 1 aromatic rings. The fourth-order valence-electron chi connectivity index (χ4n) is 2.68. The van der Waals surface area contributed by atoms with Gasteiger partial charge in [-0.25, -0.2) is 14.0 Å². The van der Waals surface area contributed by atoms with Gasteiger partial charge in [0, 0.05) is 6.04 Å². The van der Waals surface area contributed by atoms with E-state index >= 15 is 0 Å². The summed E-state index contributed by atoms with van der Waals surface area (Å²) in [5.74, 6) is -2.08. The molecular formula is C18H23FN2O4. The summed E-state index contributed by atoms with van der Waals surface area (Å²) in [6.45, 7) is 2.93. The Hall–Kier alpha value is -2.44. The normalized spacial score (nSPS) is 16.0. The molecule has 0 spiro atoms. The Balaban J connectivity index is 1.83. The van der Waals surface area contributed by atoms with Gasteiger partial charge in [0.1, 0.15) is 5.82 Å². The summed E-state index contributed by atoms with van der Waals surface area (Å²) in [7, 11) is 0. The second kappa shape index (κ2) is 8.60. The maximum Gasteiger partial charge on any atom is 0.339 e. The van der Waals surface area contributed by atoms with Crippen molar-refractivity contribution in [3.63, 3.8) is 0 Å². The van der Waals surface area contributed by atoms with E-state index in [0.717, 1.165) is 38.2 Å². The molecule has 3 amide bonds. The number of hydrogen-bond donors (Lipinski definition) is 2. The van der Waals surface area contributed by atoms with Crippen molar-refractivity contribution >= 4 is 17.9 Å². The van der Waals surface area contributed by atoms with E-state index in [0.29, 0.717) is 5.56 Å². The van der Waals surface area contributed by atoms with Gasteiger partial charge >= 0.3 is 12.0 Å². The molecule has 1 unspecified atom stereocenters. The first-order valence-electron chi connectivity index (χ1n) is 8.45. The van der Waals surface area contributed by atoms with Crippen LogP contribution in [0.1, 0.15) is 54.9 Å². The van der Waals surface area contributed by atoms with Crippen molar-refractivity contribution in [1.29, 1.82) is 0 Å². The molecule has 6 nitrogen and oxygen atoms in total. The molecule has 1 saturated carbocycles. The molecule has 0 saturated heterocycles. The second-order valence-electron chi connectivity index (χ2n) is 6.31. The highest BCUT2D eigenvalue weighted by molar-refractivity contribution is 5.98. The Morgan fingerprint density at radius 2 is 1.88 bits per heavy atom. The number of ether oxygens (including phenoxy) is 1. The van der Waals surface area contributed by atoms with E-state index < -0.39 is 29.8 Å². The number of halogens is 1. The minimum atomic E-state index is -1.17. The zero-order valence-corrected chi connectivity index (χ0v) is 14.4. The van der Waals surface area contributed by atoms with Crippen molar-refractivity contribution in [2.24, 2.45) is 0 Å². The number of hydrogen-bond acceptors (Lipinski definition) is 4. The van der Waals surface area contributed by atoms with Gasteiger partial charge in [0.15, 0.2) is 6.10 Å². The van der Waals surface area contributed by atoms with Crippen molar-refractivity contribution in [2.45, 2.75) is 58.1 Å².